The number of anilines is 2. The summed E-state index contributed by atoms with van der Waals surface area (Å²) in [6.45, 7) is 6.57. The minimum absolute atomic E-state index is 0.0889. The van der Waals surface area contributed by atoms with E-state index >= 15 is 0 Å². The van der Waals surface area contributed by atoms with Crippen LogP contribution in [0.1, 0.15) is 23.9 Å². The van der Waals surface area contributed by atoms with Gasteiger partial charge in [0.2, 0.25) is 0 Å². The van der Waals surface area contributed by atoms with Gasteiger partial charge in [-0.3, -0.25) is 4.68 Å². The van der Waals surface area contributed by atoms with Gasteiger partial charge in [-0.05, 0) is 44.5 Å². The number of piperazine rings is 1. The van der Waals surface area contributed by atoms with Gasteiger partial charge in [-0.2, -0.15) is 5.10 Å². The summed E-state index contributed by atoms with van der Waals surface area (Å²) in [6, 6.07) is 7.05. The van der Waals surface area contributed by atoms with Crippen LogP contribution in [0, 0.1) is 13.8 Å². The molecule has 10 heteroatoms. The number of amides is 2. The van der Waals surface area contributed by atoms with Crippen LogP contribution in [0.2, 0.25) is 0 Å². The highest BCUT2D eigenvalue weighted by Gasteiger charge is 2.33. The van der Waals surface area contributed by atoms with Gasteiger partial charge in [0.1, 0.15) is 5.75 Å². The Hall–Kier alpha value is -2.75. The summed E-state index contributed by atoms with van der Waals surface area (Å²) in [5.41, 5.74) is 3.68. The molecule has 1 atom stereocenters. The molecule has 2 aromatic rings. The van der Waals surface area contributed by atoms with E-state index in [2.05, 4.69) is 15.3 Å². The zero-order valence-corrected chi connectivity index (χ0v) is 19.0. The zero-order valence-electron chi connectivity index (χ0n) is 18.2. The van der Waals surface area contributed by atoms with Gasteiger partial charge in [0, 0.05) is 31.9 Å². The predicted molar refractivity (Wildman–Crippen MR) is 120 cm³/mol. The average molecular weight is 448 g/mol. The fraction of sp³-hybridized carbons (Fsp3) is 0.524. The molecule has 168 valence electrons. The fourth-order valence-electron chi connectivity index (χ4n) is 4.45. The van der Waals surface area contributed by atoms with Crippen LogP contribution in [0.3, 0.4) is 0 Å². The number of aryl methyl sites for hydroxylation is 1. The summed E-state index contributed by atoms with van der Waals surface area (Å²) in [5, 5.41) is 7.59. The first kappa shape index (κ1) is 21.5. The van der Waals surface area contributed by atoms with E-state index in [9.17, 15) is 13.2 Å². The van der Waals surface area contributed by atoms with Gasteiger partial charge in [0.15, 0.2) is 9.84 Å². The molecule has 0 bridgehead atoms. The lowest BCUT2D eigenvalue weighted by Crippen LogP contribution is -2.50. The number of hydrogen-bond donors (Lipinski definition) is 1. The Balaban J connectivity index is 1.39. The Kier molecular flexibility index (Phi) is 5.83. The number of urea groups is 1. The average Bonchev–Trinajstić information content (AvgIpc) is 3.26. The number of carbonyl (C=O) groups excluding carboxylic acids is 1. The molecule has 3 heterocycles. The van der Waals surface area contributed by atoms with Gasteiger partial charge >= 0.3 is 6.03 Å². The summed E-state index contributed by atoms with van der Waals surface area (Å²) in [7, 11) is -1.36. The first-order chi connectivity index (χ1) is 14.8. The van der Waals surface area contributed by atoms with E-state index in [4.69, 9.17) is 4.74 Å². The zero-order chi connectivity index (χ0) is 22.2. The number of nitrogens with zero attached hydrogens (tertiary/aromatic N) is 4. The number of hydrogen-bond acceptors (Lipinski definition) is 6. The lowest BCUT2D eigenvalue weighted by atomic mass is 10.2. The van der Waals surface area contributed by atoms with E-state index in [1.807, 2.05) is 42.8 Å². The summed E-state index contributed by atoms with van der Waals surface area (Å²) in [6.07, 6.45) is 0.614. The smallest absolute Gasteiger partial charge is 0.321 e. The number of ether oxygens (including phenoxy) is 1. The van der Waals surface area contributed by atoms with E-state index in [1.165, 1.54) is 0 Å². The molecule has 0 saturated carbocycles. The van der Waals surface area contributed by atoms with Crippen molar-refractivity contribution in [3.8, 4) is 5.75 Å². The van der Waals surface area contributed by atoms with Gasteiger partial charge in [-0.1, -0.05) is 0 Å². The van der Waals surface area contributed by atoms with Gasteiger partial charge in [-0.25, -0.2) is 13.2 Å². The number of carbonyl (C=O) groups is 1. The number of aromatic nitrogens is 2. The van der Waals surface area contributed by atoms with Crippen molar-refractivity contribution in [2.45, 2.75) is 26.3 Å². The fourth-order valence-corrected chi connectivity index (χ4v) is 6.14. The van der Waals surface area contributed by atoms with E-state index in [0.717, 1.165) is 28.5 Å². The molecular weight excluding hydrogens is 418 g/mol. The topological polar surface area (TPSA) is 96.8 Å². The molecular formula is C21H29N5O4S. The van der Waals surface area contributed by atoms with Crippen molar-refractivity contribution in [1.29, 1.82) is 0 Å². The van der Waals surface area contributed by atoms with Crippen LogP contribution in [0.5, 0.6) is 5.75 Å². The molecule has 1 aromatic heterocycles. The molecule has 2 amide bonds. The molecule has 4 rings (SSSR count). The lowest BCUT2D eigenvalue weighted by Gasteiger charge is -2.36. The summed E-state index contributed by atoms with van der Waals surface area (Å²) < 4.78 is 30.8. The Morgan fingerprint density at radius 1 is 1.13 bits per heavy atom. The molecule has 9 nitrogen and oxygen atoms in total. The Bertz CT molecular complexity index is 1060. The van der Waals surface area contributed by atoms with Crippen LogP contribution in [0.4, 0.5) is 16.2 Å². The van der Waals surface area contributed by atoms with Gasteiger partial charge in [-0.15, -0.1) is 0 Å². The molecule has 2 aliphatic rings. The molecule has 1 N–H and O–H groups in total. The SMILES string of the molecule is COc1ccc(NC(=O)N2CCN(c3c(C)nn(C4CCS(=O)(=O)C4)c3C)CC2)cc1. The molecule has 2 saturated heterocycles. The third kappa shape index (κ3) is 4.48. The Labute approximate surface area is 182 Å². The third-order valence-electron chi connectivity index (χ3n) is 6.07. The van der Waals surface area contributed by atoms with E-state index in [1.54, 1.807) is 12.0 Å². The van der Waals surface area contributed by atoms with E-state index in [-0.39, 0.29) is 23.6 Å². The normalized spacial score (nSPS) is 20.7. The maximum atomic E-state index is 12.6. The van der Waals surface area contributed by atoms with Gasteiger partial charge in [0.25, 0.3) is 0 Å². The molecule has 2 fully saturated rings. The molecule has 2 aliphatic heterocycles. The standard InChI is InChI=1S/C21H29N5O4S/c1-15-20(16(2)26(23-15)18-8-13-31(28,29)14-18)24-9-11-25(12-10-24)21(27)22-17-4-6-19(30-3)7-5-17/h4-7,18H,8-14H2,1-3H3,(H,22,27). The molecule has 0 radical (unpaired) electrons. The van der Waals surface area contributed by atoms with Crippen molar-refractivity contribution < 1.29 is 17.9 Å². The minimum Gasteiger partial charge on any atom is -0.497 e. The summed E-state index contributed by atoms with van der Waals surface area (Å²) >= 11 is 0. The van der Waals surface area contributed by atoms with Crippen molar-refractivity contribution in [1.82, 2.24) is 14.7 Å². The quantitative estimate of drug-likeness (QED) is 0.772. The summed E-state index contributed by atoms with van der Waals surface area (Å²) in [5.74, 6) is 1.13. The highest BCUT2D eigenvalue weighted by molar-refractivity contribution is 7.91. The van der Waals surface area contributed by atoms with Crippen LogP contribution in [0.25, 0.3) is 0 Å². The number of nitrogens with one attached hydrogen (secondary N) is 1. The molecule has 1 aromatic carbocycles. The molecule has 31 heavy (non-hydrogen) atoms. The van der Waals surface area contributed by atoms with Crippen LogP contribution >= 0.6 is 0 Å². The first-order valence-corrected chi connectivity index (χ1v) is 12.3. The maximum Gasteiger partial charge on any atom is 0.321 e. The maximum absolute atomic E-state index is 12.6. The van der Waals surface area contributed by atoms with Crippen molar-refractivity contribution in [3.05, 3.63) is 35.7 Å². The Morgan fingerprint density at radius 2 is 1.81 bits per heavy atom. The monoisotopic (exact) mass is 447 g/mol. The summed E-state index contributed by atoms with van der Waals surface area (Å²) in [4.78, 5) is 16.7. The number of benzene rings is 1. The second-order valence-electron chi connectivity index (χ2n) is 8.15. The third-order valence-corrected chi connectivity index (χ3v) is 7.82. The van der Waals surface area contributed by atoms with Crippen molar-refractivity contribution in [2.75, 3.05) is 55.0 Å². The molecule has 1 unspecified atom stereocenters. The second-order valence-corrected chi connectivity index (χ2v) is 10.4. The van der Waals surface area contributed by atoms with Crippen LogP contribution in [0.15, 0.2) is 24.3 Å². The van der Waals surface area contributed by atoms with Gasteiger partial charge in [0.05, 0.1) is 41.7 Å². The predicted octanol–water partition coefficient (Wildman–Crippen LogP) is 2.22. The minimum atomic E-state index is -2.97. The van der Waals surface area contributed by atoms with E-state index in [0.29, 0.717) is 32.6 Å². The highest BCUT2D eigenvalue weighted by atomic mass is 32.2. The van der Waals surface area contributed by atoms with Gasteiger partial charge < -0.3 is 19.9 Å². The van der Waals surface area contributed by atoms with E-state index < -0.39 is 9.84 Å². The number of rotatable bonds is 4. The first-order valence-electron chi connectivity index (χ1n) is 10.5. The molecule has 0 aliphatic carbocycles. The number of sulfone groups is 1. The number of methoxy groups -OCH3 is 1. The largest absolute Gasteiger partial charge is 0.497 e. The van der Waals surface area contributed by atoms with Crippen molar-refractivity contribution in [2.24, 2.45) is 0 Å². The lowest BCUT2D eigenvalue weighted by molar-refractivity contribution is 0.208. The second kappa shape index (κ2) is 8.41. The highest BCUT2D eigenvalue weighted by Crippen LogP contribution is 2.31. The van der Waals surface area contributed by atoms with Crippen LogP contribution < -0.4 is 15.0 Å². The van der Waals surface area contributed by atoms with Crippen molar-refractivity contribution >= 4 is 27.2 Å². The van der Waals surface area contributed by atoms with Crippen LogP contribution in [-0.2, 0) is 9.84 Å². The van der Waals surface area contributed by atoms with Crippen molar-refractivity contribution in [3.63, 3.8) is 0 Å². The molecule has 0 spiro atoms. The Morgan fingerprint density at radius 3 is 2.39 bits per heavy atom. The van der Waals surface area contributed by atoms with Crippen LogP contribution in [-0.4, -0.2) is 73.9 Å².